The van der Waals surface area contributed by atoms with Gasteiger partial charge in [0.15, 0.2) is 6.61 Å². The molecule has 33 heavy (non-hydrogen) atoms. The van der Waals surface area contributed by atoms with Gasteiger partial charge in [-0.1, -0.05) is 29.8 Å². The summed E-state index contributed by atoms with van der Waals surface area (Å²) in [7, 11) is 0. The predicted molar refractivity (Wildman–Crippen MR) is 130 cm³/mol. The maximum absolute atomic E-state index is 12.3. The molecule has 1 amide bonds. The van der Waals surface area contributed by atoms with Crippen LogP contribution in [0.2, 0.25) is 5.02 Å². The third-order valence-corrected chi connectivity index (χ3v) is 5.71. The first kappa shape index (κ1) is 22.5. The van der Waals surface area contributed by atoms with Gasteiger partial charge in [-0.05, 0) is 54.6 Å². The van der Waals surface area contributed by atoms with E-state index in [1.807, 2.05) is 48.5 Å². The zero-order chi connectivity index (χ0) is 23.2. The van der Waals surface area contributed by atoms with Crippen molar-refractivity contribution in [2.75, 3.05) is 47.9 Å². The number of nitrogens with one attached hydrogen (secondary N) is 1. The Morgan fingerprint density at radius 1 is 0.879 bits per heavy atom. The van der Waals surface area contributed by atoms with E-state index in [1.54, 1.807) is 24.3 Å². The maximum Gasteiger partial charge on any atom is 0.337 e. The number of para-hydroxylation sites is 1. The van der Waals surface area contributed by atoms with Crippen molar-refractivity contribution in [1.29, 1.82) is 0 Å². The van der Waals surface area contributed by atoms with Gasteiger partial charge < -0.3 is 25.0 Å². The van der Waals surface area contributed by atoms with Gasteiger partial charge in [-0.2, -0.15) is 0 Å². The molecule has 8 heteroatoms. The van der Waals surface area contributed by atoms with Crippen molar-refractivity contribution in [3.63, 3.8) is 0 Å². The largest absolute Gasteiger partial charge is 0.484 e. The quantitative estimate of drug-likeness (QED) is 0.538. The van der Waals surface area contributed by atoms with E-state index >= 15 is 0 Å². The molecule has 1 fully saturated rings. The maximum atomic E-state index is 12.3. The first-order chi connectivity index (χ1) is 16.0. The number of nitrogens with zero attached hydrogens (tertiary/aromatic N) is 2. The molecule has 0 aliphatic carbocycles. The molecule has 170 valence electrons. The smallest absolute Gasteiger partial charge is 0.337 e. The Morgan fingerprint density at radius 2 is 1.48 bits per heavy atom. The SMILES string of the molecule is O=C(COc1ccccc1)Nc1ccc(N2CCN(c3ccc(Cl)cc3)CC2)cc1C(=O)O. The van der Waals surface area contributed by atoms with Gasteiger partial charge in [-0.15, -0.1) is 0 Å². The molecular weight excluding hydrogens is 442 g/mol. The van der Waals surface area contributed by atoms with E-state index in [0.717, 1.165) is 37.6 Å². The third-order valence-electron chi connectivity index (χ3n) is 5.46. The molecule has 0 atom stereocenters. The lowest BCUT2D eigenvalue weighted by molar-refractivity contribution is -0.118. The van der Waals surface area contributed by atoms with Crippen LogP contribution in [0.15, 0.2) is 72.8 Å². The van der Waals surface area contributed by atoms with Crippen LogP contribution >= 0.6 is 11.6 Å². The number of hydrogen-bond donors (Lipinski definition) is 2. The second-order valence-corrected chi connectivity index (χ2v) is 8.07. The molecular formula is C25H24ClN3O4. The fourth-order valence-corrected chi connectivity index (χ4v) is 3.87. The van der Waals surface area contributed by atoms with E-state index in [-0.39, 0.29) is 17.9 Å². The zero-order valence-electron chi connectivity index (χ0n) is 17.9. The Hall–Kier alpha value is -3.71. The van der Waals surface area contributed by atoms with Gasteiger partial charge in [0, 0.05) is 42.6 Å². The minimum atomic E-state index is -1.10. The molecule has 0 saturated carbocycles. The van der Waals surface area contributed by atoms with Crippen molar-refractivity contribution < 1.29 is 19.4 Å². The van der Waals surface area contributed by atoms with E-state index in [0.29, 0.717) is 10.8 Å². The fraction of sp³-hybridized carbons (Fsp3) is 0.200. The molecule has 1 saturated heterocycles. The van der Waals surface area contributed by atoms with Gasteiger partial charge in [0.25, 0.3) is 5.91 Å². The summed E-state index contributed by atoms with van der Waals surface area (Å²) < 4.78 is 5.43. The summed E-state index contributed by atoms with van der Waals surface area (Å²) in [6.07, 6.45) is 0. The van der Waals surface area contributed by atoms with Gasteiger partial charge in [-0.25, -0.2) is 4.79 Å². The Balaban J connectivity index is 1.39. The van der Waals surface area contributed by atoms with Gasteiger partial charge in [-0.3, -0.25) is 4.79 Å². The number of carbonyl (C=O) groups excluding carboxylic acids is 1. The lowest BCUT2D eigenvalue weighted by Crippen LogP contribution is -2.46. The van der Waals surface area contributed by atoms with E-state index in [1.165, 1.54) is 0 Å². The lowest BCUT2D eigenvalue weighted by Gasteiger charge is -2.37. The van der Waals surface area contributed by atoms with Crippen LogP contribution in [-0.2, 0) is 4.79 Å². The number of aromatic carboxylic acids is 1. The van der Waals surface area contributed by atoms with Crippen LogP contribution in [0.1, 0.15) is 10.4 Å². The second-order valence-electron chi connectivity index (χ2n) is 7.64. The summed E-state index contributed by atoms with van der Waals surface area (Å²) in [6.45, 7) is 2.90. The molecule has 4 rings (SSSR count). The highest BCUT2D eigenvalue weighted by Crippen LogP contribution is 2.26. The van der Waals surface area contributed by atoms with Crippen LogP contribution in [-0.4, -0.2) is 49.8 Å². The van der Waals surface area contributed by atoms with Crippen molar-refractivity contribution in [3.8, 4) is 5.75 Å². The van der Waals surface area contributed by atoms with Crippen LogP contribution in [0.3, 0.4) is 0 Å². The molecule has 0 bridgehead atoms. The molecule has 3 aromatic rings. The number of piperazine rings is 1. The number of benzene rings is 3. The number of anilines is 3. The van der Waals surface area contributed by atoms with E-state index in [9.17, 15) is 14.7 Å². The summed E-state index contributed by atoms with van der Waals surface area (Å²) in [4.78, 5) is 28.6. The second kappa shape index (κ2) is 10.3. The van der Waals surface area contributed by atoms with Crippen molar-refractivity contribution >= 4 is 40.5 Å². The molecule has 1 heterocycles. The number of ether oxygens (including phenoxy) is 1. The number of amides is 1. The molecule has 0 spiro atoms. The Bertz CT molecular complexity index is 1110. The summed E-state index contributed by atoms with van der Waals surface area (Å²) >= 11 is 5.98. The molecule has 0 unspecified atom stereocenters. The zero-order valence-corrected chi connectivity index (χ0v) is 18.7. The Labute approximate surface area is 197 Å². The van der Waals surface area contributed by atoms with Gasteiger partial charge in [0.05, 0.1) is 11.3 Å². The molecule has 2 N–H and O–H groups in total. The number of carbonyl (C=O) groups is 2. The number of carboxylic acid groups (broad SMARTS) is 1. The van der Waals surface area contributed by atoms with Gasteiger partial charge in [0.1, 0.15) is 5.75 Å². The average Bonchev–Trinajstić information content (AvgIpc) is 2.84. The lowest BCUT2D eigenvalue weighted by atomic mass is 10.1. The molecule has 0 aromatic heterocycles. The van der Waals surface area contributed by atoms with Crippen LogP contribution in [0.4, 0.5) is 17.1 Å². The predicted octanol–water partition coefficient (Wildman–Crippen LogP) is 4.38. The highest BCUT2D eigenvalue weighted by atomic mass is 35.5. The van der Waals surface area contributed by atoms with Gasteiger partial charge >= 0.3 is 5.97 Å². The monoisotopic (exact) mass is 465 g/mol. The van der Waals surface area contributed by atoms with E-state index < -0.39 is 11.9 Å². The summed E-state index contributed by atoms with van der Waals surface area (Å²) in [5.41, 5.74) is 2.20. The number of rotatable bonds is 7. The summed E-state index contributed by atoms with van der Waals surface area (Å²) in [6, 6.07) is 21.8. The van der Waals surface area contributed by atoms with Crippen LogP contribution < -0.4 is 19.9 Å². The molecule has 0 radical (unpaired) electrons. The minimum Gasteiger partial charge on any atom is -0.484 e. The molecule has 3 aromatic carbocycles. The van der Waals surface area contributed by atoms with Crippen molar-refractivity contribution in [2.24, 2.45) is 0 Å². The van der Waals surface area contributed by atoms with Crippen LogP contribution in [0.5, 0.6) is 5.75 Å². The topological polar surface area (TPSA) is 82.1 Å². The average molecular weight is 466 g/mol. The fourth-order valence-electron chi connectivity index (χ4n) is 3.74. The highest BCUT2D eigenvalue weighted by Gasteiger charge is 2.20. The van der Waals surface area contributed by atoms with Crippen molar-refractivity contribution in [1.82, 2.24) is 0 Å². The Morgan fingerprint density at radius 3 is 2.12 bits per heavy atom. The van der Waals surface area contributed by atoms with Crippen LogP contribution in [0, 0.1) is 0 Å². The number of halogens is 1. The number of carboxylic acids is 1. The van der Waals surface area contributed by atoms with Crippen molar-refractivity contribution in [2.45, 2.75) is 0 Å². The van der Waals surface area contributed by atoms with E-state index in [4.69, 9.17) is 16.3 Å². The first-order valence-electron chi connectivity index (χ1n) is 10.6. The molecule has 1 aliphatic heterocycles. The Kier molecular flexibility index (Phi) is 7.00. The molecule has 1 aliphatic rings. The highest BCUT2D eigenvalue weighted by molar-refractivity contribution is 6.30. The van der Waals surface area contributed by atoms with Crippen molar-refractivity contribution in [3.05, 3.63) is 83.4 Å². The van der Waals surface area contributed by atoms with E-state index in [2.05, 4.69) is 15.1 Å². The molecule has 7 nitrogen and oxygen atoms in total. The standard InChI is InChI=1S/C25H24ClN3O4/c26-18-6-8-19(9-7-18)28-12-14-29(15-13-28)20-10-11-23(22(16-20)25(31)32)27-24(30)17-33-21-4-2-1-3-5-21/h1-11,16H,12-15,17H2,(H,27,30)(H,31,32). The van der Waals surface area contributed by atoms with Gasteiger partial charge in [0.2, 0.25) is 0 Å². The third kappa shape index (κ3) is 5.75. The first-order valence-corrected chi connectivity index (χ1v) is 11.0. The summed E-state index contributed by atoms with van der Waals surface area (Å²) in [5.74, 6) is -0.958. The normalized spacial score (nSPS) is 13.5. The number of hydrogen-bond acceptors (Lipinski definition) is 5. The van der Waals surface area contributed by atoms with Crippen LogP contribution in [0.25, 0.3) is 0 Å². The minimum absolute atomic E-state index is 0.0423. The summed E-state index contributed by atoms with van der Waals surface area (Å²) in [5, 5.41) is 13.1.